The third kappa shape index (κ3) is 3.07. The maximum absolute atomic E-state index is 10.9. The number of carbonyl (C=O) groups is 1. The molecular weight excluding hydrogens is 298 g/mol. The van der Waals surface area contributed by atoms with Crippen molar-refractivity contribution in [3.63, 3.8) is 0 Å². The third-order valence-corrected chi connectivity index (χ3v) is 4.47. The molecule has 6 heteroatoms. The van der Waals surface area contributed by atoms with Gasteiger partial charge in [-0.05, 0) is 36.3 Å². The molecule has 0 atom stereocenters. The first-order valence-electron chi connectivity index (χ1n) is 6.90. The average molecular weight is 313 g/mol. The minimum atomic E-state index is -0.808. The van der Waals surface area contributed by atoms with Crippen LogP contribution in [0.15, 0.2) is 36.5 Å². The molecule has 0 aliphatic carbocycles. The van der Waals surface area contributed by atoms with E-state index in [1.807, 2.05) is 43.5 Å². The van der Waals surface area contributed by atoms with Crippen LogP contribution in [-0.2, 0) is 11.8 Å². The number of fused-ring (bicyclic) bond motifs is 1. The first kappa shape index (κ1) is 14.5. The van der Waals surface area contributed by atoms with Crippen molar-refractivity contribution in [2.75, 3.05) is 0 Å². The fourth-order valence-corrected chi connectivity index (χ4v) is 3.21. The Bertz CT molecular complexity index is 815. The van der Waals surface area contributed by atoms with Crippen LogP contribution in [-0.4, -0.2) is 25.8 Å². The van der Waals surface area contributed by atoms with E-state index in [4.69, 9.17) is 5.11 Å². The van der Waals surface area contributed by atoms with Crippen LogP contribution in [0.1, 0.15) is 23.5 Å². The smallest absolute Gasteiger partial charge is 0.303 e. The second-order valence-electron chi connectivity index (χ2n) is 4.93. The van der Waals surface area contributed by atoms with Gasteiger partial charge in [-0.1, -0.05) is 12.1 Å². The van der Waals surface area contributed by atoms with E-state index in [2.05, 4.69) is 10.1 Å². The molecule has 0 saturated carbocycles. The molecule has 1 N–H and O–H groups in total. The topological polar surface area (TPSA) is 68.0 Å². The Morgan fingerprint density at radius 2 is 2.14 bits per heavy atom. The minimum Gasteiger partial charge on any atom is -0.481 e. The molecule has 5 nitrogen and oxygen atoms in total. The highest BCUT2D eigenvalue weighted by atomic mass is 32.1. The minimum absolute atomic E-state index is 0.0829. The number of aromatic nitrogens is 3. The molecule has 2 aromatic heterocycles. The van der Waals surface area contributed by atoms with Crippen molar-refractivity contribution in [2.24, 2.45) is 7.05 Å². The molecule has 0 aliphatic heterocycles. The molecule has 0 amide bonds. The first-order valence-corrected chi connectivity index (χ1v) is 7.71. The summed E-state index contributed by atoms with van der Waals surface area (Å²) in [5.41, 5.74) is 2.79. The number of hydrogen-bond acceptors (Lipinski definition) is 4. The highest BCUT2D eigenvalue weighted by Crippen LogP contribution is 2.30. The molecule has 0 fully saturated rings. The standard InChI is InChI=1S/C16H15N3O2S/c1-19-12(8-9-17-19)10-11(6-7-15(20)21)16-18-13-4-2-3-5-14(13)22-16/h2-5,8-10H,6-7H2,1H3,(H,20,21)/b11-10+. The van der Waals surface area contributed by atoms with Gasteiger partial charge in [-0.3, -0.25) is 9.48 Å². The van der Waals surface area contributed by atoms with Crippen molar-refractivity contribution >= 4 is 39.2 Å². The van der Waals surface area contributed by atoms with Crippen LogP contribution in [0.2, 0.25) is 0 Å². The maximum atomic E-state index is 10.9. The quantitative estimate of drug-likeness (QED) is 0.783. The van der Waals surface area contributed by atoms with Gasteiger partial charge in [0.25, 0.3) is 0 Å². The summed E-state index contributed by atoms with van der Waals surface area (Å²) in [5.74, 6) is -0.808. The molecule has 0 radical (unpaired) electrons. The Kier molecular flexibility index (Phi) is 4.02. The summed E-state index contributed by atoms with van der Waals surface area (Å²) < 4.78 is 2.86. The summed E-state index contributed by atoms with van der Waals surface area (Å²) in [7, 11) is 1.86. The SMILES string of the molecule is Cn1nccc1/C=C(\CCC(=O)O)c1nc2ccccc2s1. The summed E-state index contributed by atoms with van der Waals surface area (Å²) >= 11 is 1.58. The van der Waals surface area contributed by atoms with Crippen LogP contribution < -0.4 is 0 Å². The number of allylic oxidation sites excluding steroid dienone is 1. The molecule has 22 heavy (non-hydrogen) atoms. The zero-order valence-electron chi connectivity index (χ0n) is 12.1. The lowest BCUT2D eigenvalue weighted by molar-refractivity contribution is -0.136. The van der Waals surface area contributed by atoms with E-state index >= 15 is 0 Å². The third-order valence-electron chi connectivity index (χ3n) is 3.36. The van der Waals surface area contributed by atoms with Gasteiger partial charge in [0.2, 0.25) is 0 Å². The highest BCUT2D eigenvalue weighted by molar-refractivity contribution is 7.19. The normalized spacial score (nSPS) is 12.0. The summed E-state index contributed by atoms with van der Waals surface area (Å²) in [6.07, 6.45) is 4.21. The molecular formula is C16H15N3O2S. The summed E-state index contributed by atoms with van der Waals surface area (Å²) in [4.78, 5) is 15.5. The monoisotopic (exact) mass is 313 g/mol. The Balaban J connectivity index is 2.02. The molecule has 0 bridgehead atoms. The van der Waals surface area contributed by atoms with Crippen molar-refractivity contribution in [2.45, 2.75) is 12.8 Å². The van der Waals surface area contributed by atoms with Gasteiger partial charge >= 0.3 is 5.97 Å². The van der Waals surface area contributed by atoms with Crippen LogP contribution in [0, 0.1) is 0 Å². The van der Waals surface area contributed by atoms with Gasteiger partial charge < -0.3 is 5.11 Å². The second-order valence-corrected chi connectivity index (χ2v) is 5.96. The molecule has 1 aromatic carbocycles. The van der Waals surface area contributed by atoms with E-state index in [1.54, 1.807) is 22.2 Å². The van der Waals surface area contributed by atoms with Crippen LogP contribution in [0.25, 0.3) is 21.9 Å². The van der Waals surface area contributed by atoms with Gasteiger partial charge in [0.1, 0.15) is 5.01 Å². The zero-order chi connectivity index (χ0) is 15.5. The van der Waals surface area contributed by atoms with Gasteiger partial charge in [-0.2, -0.15) is 5.10 Å². The molecule has 2 heterocycles. The van der Waals surface area contributed by atoms with Crippen LogP contribution in [0.4, 0.5) is 0 Å². The Hall–Kier alpha value is -2.47. The number of aliphatic carboxylic acids is 1. The number of hydrogen-bond donors (Lipinski definition) is 1. The first-order chi connectivity index (χ1) is 10.6. The van der Waals surface area contributed by atoms with Crippen LogP contribution in [0.3, 0.4) is 0 Å². The van der Waals surface area contributed by atoms with Crippen molar-refractivity contribution in [3.05, 3.63) is 47.2 Å². The Labute approximate surface area is 131 Å². The number of para-hydroxylation sites is 1. The van der Waals surface area contributed by atoms with Gasteiger partial charge in [0.15, 0.2) is 0 Å². The molecule has 3 rings (SSSR count). The van der Waals surface area contributed by atoms with E-state index in [1.165, 1.54) is 0 Å². The van der Waals surface area contributed by atoms with Gasteiger partial charge in [-0.15, -0.1) is 11.3 Å². The number of nitrogens with zero attached hydrogens (tertiary/aromatic N) is 3. The molecule has 112 valence electrons. The van der Waals surface area contributed by atoms with Crippen LogP contribution in [0.5, 0.6) is 0 Å². The fraction of sp³-hybridized carbons (Fsp3) is 0.188. The number of carboxylic acid groups (broad SMARTS) is 1. The summed E-state index contributed by atoms with van der Waals surface area (Å²) in [5, 5.41) is 14.0. The predicted molar refractivity (Wildman–Crippen MR) is 87.6 cm³/mol. The number of aryl methyl sites for hydroxylation is 1. The van der Waals surface area contributed by atoms with Crippen molar-refractivity contribution in [3.8, 4) is 0 Å². The second kappa shape index (κ2) is 6.11. The van der Waals surface area contributed by atoms with E-state index in [0.717, 1.165) is 26.5 Å². The number of carboxylic acids is 1. The number of rotatable bonds is 5. The lowest BCUT2D eigenvalue weighted by Gasteiger charge is -2.03. The summed E-state index contributed by atoms with van der Waals surface area (Å²) in [6.45, 7) is 0. The van der Waals surface area contributed by atoms with E-state index in [0.29, 0.717) is 6.42 Å². The number of benzene rings is 1. The number of thiazole rings is 1. The van der Waals surface area contributed by atoms with Crippen LogP contribution >= 0.6 is 11.3 Å². The van der Waals surface area contributed by atoms with Crippen molar-refractivity contribution in [1.82, 2.24) is 14.8 Å². The van der Waals surface area contributed by atoms with Gasteiger partial charge in [0, 0.05) is 19.7 Å². The van der Waals surface area contributed by atoms with E-state index < -0.39 is 5.97 Å². The van der Waals surface area contributed by atoms with Crippen molar-refractivity contribution < 1.29 is 9.90 Å². The fourth-order valence-electron chi connectivity index (χ4n) is 2.20. The zero-order valence-corrected chi connectivity index (χ0v) is 12.9. The Morgan fingerprint density at radius 3 is 2.82 bits per heavy atom. The largest absolute Gasteiger partial charge is 0.481 e. The molecule has 0 saturated heterocycles. The van der Waals surface area contributed by atoms with E-state index in [9.17, 15) is 4.79 Å². The molecule has 3 aromatic rings. The van der Waals surface area contributed by atoms with Crippen molar-refractivity contribution in [1.29, 1.82) is 0 Å². The van der Waals surface area contributed by atoms with Gasteiger partial charge in [0.05, 0.1) is 15.9 Å². The lowest BCUT2D eigenvalue weighted by Crippen LogP contribution is -1.97. The average Bonchev–Trinajstić information content (AvgIpc) is 3.09. The molecule has 0 unspecified atom stereocenters. The maximum Gasteiger partial charge on any atom is 0.303 e. The lowest BCUT2D eigenvalue weighted by atomic mass is 10.1. The molecule has 0 spiro atoms. The van der Waals surface area contributed by atoms with E-state index in [-0.39, 0.29) is 6.42 Å². The Morgan fingerprint density at radius 1 is 1.32 bits per heavy atom. The highest BCUT2D eigenvalue weighted by Gasteiger charge is 2.11. The van der Waals surface area contributed by atoms with Gasteiger partial charge in [-0.25, -0.2) is 4.98 Å². The molecule has 0 aliphatic rings. The predicted octanol–water partition coefficient (Wildman–Crippen LogP) is 3.44. The summed E-state index contributed by atoms with van der Waals surface area (Å²) in [6, 6.07) is 9.82.